The predicted molar refractivity (Wildman–Crippen MR) is 185 cm³/mol. The quantitative estimate of drug-likeness (QED) is 0.124. The summed E-state index contributed by atoms with van der Waals surface area (Å²) in [6, 6.07) is 31.0. The third-order valence-electron chi connectivity index (χ3n) is 8.71. The van der Waals surface area contributed by atoms with Crippen LogP contribution in [0.25, 0.3) is 10.8 Å². The maximum absolute atomic E-state index is 14.4. The normalized spacial score (nSPS) is 20.2. The number of alkyl halides is 1. The van der Waals surface area contributed by atoms with Crippen molar-refractivity contribution in [2.45, 2.75) is 38.0 Å². The lowest BCUT2D eigenvalue weighted by Crippen LogP contribution is -2.73. The molecule has 0 bridgehead atoms. The molecule has 0 radical (unpaired) electrons. The number of halogens is 1. The number of urea groups is 1. The number of hydrazine groups is 1. The van der Waals surface area contributed by atoms with Gasteiger partial charge in [-0.25, -0.2) is 9.80 Å². The minimum Gasteiger partial charge on any atom is -0.362 e. The van der Waals surface area contributed by atoms with E-state index in [0.29, 0.717) is 30.4 Å². The number of ketones is 1. The van der Waals surface area contributed by atoms with E-state index in [2.05, 4.69) is 64.1 Å². The highest BCUT2D eigenvalue weighted by atomic mass is 127. The molecule has 45 heavy (non-hydrogen) atoms. The number of carbonyl (C=O) groups is 3. The Labute approximate surface area is 277 Å². The van der Waals surface area contributed by atoms with Gasteiger partial charge in [0.1, 0.15) is 6.17 Å². The molecular weight excluding hydrogens is 677 g/mol. The van der Waals surface area contributed by atoms with Crippen LogP contribution in [0.4, 0.5) is 10.5 Å². The molecule has 1 unspecified atom stereocenters. The molecule has 0 saturated carbocycles. The second kappa shape index (κ2) is 13.8. The molecule has 2 heterocycles. The van der Waals surface area contributed by atoms with Crippen molar-refractivity contribution in [3.05, 3.63) is 127 Å². The van der Waals surface area contributed by atoms with E-state index in [4.69, 9.17) is 0 Å². The number of Topliss-reactive ketones (excluding diaryl/α,β-unsaturated/α-hetero) is 1. The first-order valence-corrected chi connectivity index (χ1v) is 16.7. The third-order valence-corrected chi connectivity index (χ3v) is 9.49. The molecule has 9 heteroatoms. The summed E-state index contributed by atoms with van der Waals surface area (Å²) in [5, 5.41) is 11.9. The standard InChI is InChI=1S/C36H36IN5O3/c1-2-38-30-17-15-25(16-18-30)19-32-35(44)29(20-28-13-8-12-27-11-6-7-14-31(27)28)21-33-41(32)34(43)23-40(24-37)42(33)36(45)39-22-26-9-4-3-5-10-26/h2-18,29,32-33,38H,1,19-24H2,(H,39,45)/t29?,32-,33-/m0/s1. The number of hydrogen-bond acceptors (Lipinski definition) is 5. The van der Waals surface area contributed by atoms with Crippen molar-refractivity contribution < 1.29 is 14.4 Å². The zero-order valence-corrected chi connectivity index (χ0v) is 27.1. The largest absolute Gasteiger partial charge is 0.362 e. The molecule has 4 aromatic carbocycles. The Morgan fingerprint density at radius 2 is 1.62 bits per heavy atom. The van der Waals surface area contributed by atoms with Crippen molar-refractivity contribution >= 4 is 56.8 Å². The average molecular weight is 714 g/mol. The van der Waals surface area contributed by atoms with Gasteiger partial charge < -0.3 is 15.5 Å². The number of carbonyl (C=O) groups excluding carboxylic acids is 3. The van der Waals surface area contributed by atoms with E-state index in [1.54, 1.807) is 21.1 Å². The van der Waals surface area contributed by atoms with Gasteiger partial charge in [-0.15, -0.1) is 0 Å². The molecule has 2 fully saturated rings. The second-order valence-corrected chi connectivity index (χ2v) is 12.2. The molecule has 2 N–H and O–H groups in total. The fourth-order valence-electron chi connectivity index (χ4n) is 6.58. The van der Waals surface area contributed by atoms with Gasteiger partial charge in [-0.2, -0.15) is 5.01 Å². The van der Waals surface area contributed by atoms with E-state index < -0.39 is 12.2 Å². The number of nitrogens with zero attached hydrogens (tertiary/aromatic N) is 3. The number of piperidine rings is 1. The van der Waals surface area contributed by atoms with E-state index in [0.717, 1.165) is 33.2 Å². The number of rotatable bonds is 9. The first kappa shape index (κ1) is 30.8. The molecule has 230 valence electrons. The van der Waals surface area contributed by atoms with Gasteiger partial charge in [0.05, 0.1) is 17.1 Å². The molecule has 2 aliphatic rings. The van der Waals surface area contributed by atoms with E-state index >= 15 is 0 Å². The zero-order valence-electron chi connectivity index (χ0n) is 24.9. The minimum absolute atomic E-state index is 0.0260. The summed E-state index contributed by atoms with van der Waals surface area (Å²) >= 11 is 2.19. The minimum atomic E-state index is -0.699. The molecule has 4 aromatic rings. The molecule has 2 saturated heterocycles. The SMILES string of the molecule is C=CNc1ccc(C[C@H]2C(=O)C(Cc3cccc4ccccc34)C[C@H]3N2C(=O)CN(CI)N3C(=O)NCc2ccccc2)cc1. The van der Waals surface area contributed by atoms with Crippen molar-refractivity contribution in [3.63, 3.8) is 0 Å². The zero-order chi connectivity index (χ0) is 31.3. The summed E-state index contributed by atoms with van der Waals surface area (Å²) in [4.78, 5) is 43.8. The summed E-state index contributed by atoms with van der Waals surface area (Å²) in [5.74, 6) is -0.487. The lowest BCUT2D eigenvalue weighted by atomic mass is 9.80. The number of hydrogen-bond donors (Lipinski definition) is 2. The van der Waals surface area contributed by atoms with E-state index in [9.17, 15) is 14.4 Å². The highest BCUT2D eigenvalue weighted by Gasteiger charge is 2.51. The molecule has 0 aromatic heterocycles. The predicted octanol–water partition coefficient (Wildman–Crippen LogP) is 6.13. The van der Waals surface area contributed by atoms with Crippen LogP contribution in [0.2, 0.25) is 0 Å². The average Bonchev–Trinajstić information content (AvgIpc) is 3.07. The van der Waals surface area contributed by atoms with Gasteiger partial charge >= 0.3 is 6.03 Å². The molecule has 3 atom stereocenters. The monoisotopic (exact) mass is 713 g/mol. The van der Waals surface area contributed by atoms with Crippen LogP contribution >= 0.6 is 22.6 Å². The Balaban J connectivity index is 1.35. The second-order valence-electron chi connectivity index (χ2n) is 11.5. The smallest absolute Gasteiger partial charge is 0.334 e. The summed E-state index contributed by atoms with van der Waals surface area (Å²) in [6.07, 6.45) is 2.27. The summed E-state index contributed by atoms with van der Waals surface area (Å²) < 4.78 is 0.455. The van der Waals surface area contributed by atoms with Gasteiger partial charge in [-0.05, 0) is 58.6 Å². The van der Waals surface area contributed by atoms with Gasteiger partial charge in [0.15, 0.2) is 5.78 Å². The molecule has 3 amide bonds. The fraction of sp³-hybridized carbons (Fsp3) is 0.250. The number of benzene rings is 4. The van der Waals surface area contributed by atoms with Gasteiger partial charge in [-0.3, -0.25) is 9.59 Å². The molecule has 6 rings (SSSR count). The number of amides is 3. The van der Waals surface area contributed by atoms with Gasteiger partial charge in [0, 0.05) is 24.6 Å². The Morgan fingerprint density at radius 1 is 0.889 bits per heavy atom. The van der Waals surface area contributed by atoms with Crippen molar-refractivity contribution in [1.82, 2.24) is 20.2 Å². The summed E-state index contributed by atoms with van der Waals surface area (Å²) in [5.41, 5.74) is 3.91. The van der Waals surface area contributed by atoms with E-state index in [-0.39, 0.29) is 30.2 Å². The van der Waals surface area contributed by atoms with Crippen molar-refractivity contribution in [3.8, 4) is 0 Å². The van der Waals surface area contributed by atoms with Crippen LogP contribution in [0.5, 0.6) is 0 Å². The van der Waals surface area contributed by atoms with E-state index in [1.165, 1.54) is 0 Å². The van der Waals surface area contributed by atoms with Crippen LogP contribution in [0.3, 0.4) is 0 Å². The lowest BCUT2D eigenvalue weighted by Gasteiger charge is -2.54. The summed E-state index contributed by atoms with van der Waals surface area (Å²) in [6.45, 7) is 4.11. The van der Waals surface area contributed by atoms with Crippen LogP contribution in [-0.2, 0) is 29.0 Å². The first-order valence-electron chi connectivity index (χ1n) is 15.2. The summed E-state index contributed by atoms with van der Waals surface area (Å²) in [7, 11) is 0. The Kier molecular flexibility index (Phi) is 9.46. The van der Waals surface area contributed by atoms with Crippen molar-refractivity contribution in [1.29, 1.82) is 0 Å². The highest BCUT2D eigenvalue weighted by Crippen LogP contribution is 2.36. The van der Waals surface area contributed by atoms with Crippen LogP contribution in [0.1, 0.15) is 23.1 Å². The van der Waals surface area contributed by atoms with Crippen LogP contribution in [-0.4, -0.2) is 55.9 Å². The fourth-order valence-corrected chi connectivity index (χ4v) is 7.15. The van der Waals surface area contributed by atoms with Crippen molar-refractivity contribution in [2.75, 3.05) is 16.4 Å². The molecule has 0 aliphatic carbocycles. The molecule has 8 nitrogen and oxygen atoms in total. The third kappa shape index (κ3) is 6.60. The highest BCUT2D eigenvalue weighted by molar-refractivity contribution is 14.1. The Bertz CT molecular complexity index is 1690. The molecule has 0 spiro atoms. The van der Waals surface area contributed by atoms with Crippen molar-refractivity contribution in [2.24, 2.45) is 5.92 Å². The maximum atomic E-state index is 14.4. The Morgan fingerprint density at radius 3 is 2.38 bits per heavy atom. The molecular formula is C36H36IN5O3. The maximum Gasteiger partial charge on any atom is 0.334 e. The number of fused-ring (bicyclic) bond motifs is 2. The lowest BCUT2D eigenvalue weighted by molar-refractivity contribution is -0.181. The topological polar surface area (TPSA) is 85.0 Å². The van der Waals surface area contributed by atoms with Crippen LogP contribution in [0, 0.1) is 5.92 Å². The van der Waals surface area contributed by atoms with Gasteiger partial charge in [0.25, 0.3) is 0 Å². The van der Waals surface area contributed by atoms with Gasteiger partial charge in [0.2, 0.25) is 5.91 Å². The van der Waals surface area contributed by atoms with Gasteiger partial charge in [-0.1, -0.05) is 114 Å². The number of anilines is 1. The van der Waals surface area contributed by atoms with Crippen LogP contribution in [0.15, 0.2) is 110 Å². The first-order chi connectivity index (χ1) is 22.0. The molecule has 2 aliphatic heterocycles. The van der Waals surface area contributed by atoms with E-state index in [1.807, 2.05) is 72.8 Å². The number of nitrogens with one attached hydrogen (secondary N) is 2. The van der Waals surface area contributed by atoms with Crippen LogP contribution < -0.4 is 10.6 Å². The Hall–Kier alpha value is -4.22.